The van der Waals surface area contributed by atoms with Gasteiger partial charge < -0.3 is 19.5 Å². The minimum Gasteiger partial charge on any atom is -0.490 e. The normalized spacial score (nSPS) is 14.5. The van der Waals surface area contributed by atoms with Gasteiger partial charge >= 0.3 is 12.0 Å². The summed E-state index contributed by atoms with van der Waals surface area (Å²) in [4.78, 5) is 36.9. The highest BCUT2D eigenvalue weighted by Gasteiger charge is 2.35. The Labute approximate surface area is 213 Å². The van der Waals surface area contributed by atoms with Crippen molar-refractivity contribution in [2.24, 2.45) is 0 Å². The van der Waals surface area contributed by atoms with Crippen molar-refractivity contribution in [3.63, 3.8) is 0 Å². The fourth-order valence-electron chi connectivity index (χ4n) is 2.94. The van der Waals surface area contributed by atoms with Crippen LogP contribution in [0.4, 0.5) is 4.79 Å². The van der Waals surface area contributed by atoms with E-state index < -0.39 is 24.5 Å². The Morgan fingerprint density at radius 3 is 2.61 bits per heavy atom. The first-order valence-electron chi connectivity index (χ1n) is 9.68. The van der Waals surface area contributed by atoms with Gasteiger partial charge in [0.1, 0.15) is 18.8 Å². The third-order valence-electron chi connectivity index (χ3n) is 4.51. The maximum atomic E-state index is 12.5. The van der Waals surface area contributed by atoms with E-state index in [0.29, 0.717) is 33.7 Å². The van der Waals surface area contributed by atoms with Crippen LogP contribution >= 0.6 is 45.8 Å². The van der Waals surface area contributed by atoms with E-state index in [0.717, 1.165) is 14.0 Å². The van der Waals surface area contributed by atoms with Gasteiger partial charge in [-0.15, -0.1) is 0 Å². The minimum absolute atomic E-state index is 0.0313. The average molecular weight is 605 g/mol. The van der Waals surface area contributed by atoms with Gasteiger partial charge in [-0.05, 0) is 65.4 Å². The van der Waals surface area contributed by atoms with Crippen molar-refractivity contribution in [3.05, 3.63) is 60.8 Å². The molecule has 1 aliphatic rings. The molecule has 1 N–H and O–H groups in total. The molecule has 0 bridgehead atoms. The van der Waals surface area contributed by atoms with E-state index in [4.69, 9.17) is 32.7 Å². The van der Waals surface area contributed by atoms with E-state index in [-0.39, 0.29) is 12.3 Å². The molecule has 0 radical (unpaired) electrons. The van der Waals surface area contributed by atoms with Crippen molar-refractivity contribution in [3.8, 4) is 11.5 Å². The fraction of sp³-hybridized carbons (Fsp3) is 0.227. The Kier molecular flexibility index (Phi) is 8.44. The lowest BCUT2D eigenvalue weighted by atomic mass is 10.1. The van der Waals surface area contributed by atoms with Crippen LogP contribution in [0.5, 0.6) is 11.5 Å². The number of rotatable bonds is 8. The van der Waals surface area contributed by atoms with Crippen LogP contribution in [0, 0.1) is 3.57 Å². The first-order chi connectivity index (χ1) is 15.7. The molecule has 2 aromatic carbocycles. The third kappa shape index (κ3) is 6.10. The number of methoxy groups -OCH3 is 1. The molecule has 1 aliphatic heterocycles. The second kappa shape index (κ2) is 11.1. The van der Waals surface area contributed by atoms with Gasteiger partial charge in [-0.3, -0.25) is 9.59 Å². The molecular weight excluding hydrogens is 586 g/mol. The van der Waals surface area contributed by atoms with Crippen molar-refractivity contribution >= 4 is 69.8 Å². The zero-order chi connectivity index (χ0) is 24.1. The molecule has 0 spiro atoms. The lowest BCUT2D eigenvalue weighted by Crippen LogP contribution is -2.36. The SMILES string of the molecule is CCOc1cc(/C=C2/NC(=O)N(CC(=O)OC)C2=O)cc(I)c1OCc1ccc(Cl)cc1Cl. The molecule has 0 atom stereocenters. The van der Waals surface area contributed by atoms with Crippen LogP contribution in [-0.4, -0.2) is 43.1 Å². The van der Waals surface area contributed by atoms with Gasteiger partial charge in [0.15, 0.2) is 11.5 Å². The molecule has 3 rings (SSSR count). The number of benzene rings is 2. The molecule has 1 fully saturated rings. The van der Waals surface area contributed by atoms with Gasteiger partial charge in [-0.1, -0.05) is 29.3 Å². The van der Waals surface area contributed by atoms with E-state index in [2.05, 4.69) is 32.6 Å². The Hall–Kier alpha value is -2.50. The predicted molar refractivity (Wildman–Crippen MR) is 131 cm³/mol. The van der Waals surface area contributed by atoms with Crippen LogP contribution in [0.2, 0.25) is 10.0 Å². The predicted octanol–water partition coefficient (Wildman–Crippen LogP) is 4.64. The lowest BCUT2D eigenvalue weighted by Gasteiger charge is -2.15. The highest BCUT2D eigenvalue weighted by Crippen LogP contribution is 2.36. The third-order valence-corrected chi connectivity index (χ3v) is 5.90. The van der Waals surface area contributed by atoms with Crippen molar-refractivity contribution < 1.29 is 28.6 Å². The highest BCUT2D eigenvalue weighted by atomic mass is 127. The topological polar surface area (TPSA) is 94.2 Å². The van der Waals surface area contributed by atoms with Gasteiger partial charge in [-0.25, -0.2) is 9.69 Å². The van der Waals surface area contributed by atoms with E-state index in [9.17, 15) is 14.4 Å². The van der Waals surface area contributed by atoms with Crippen molar-refractivity contribution in [2.75, 3.05) is 20.3 Å². The molecule has 11 heteroatoms. The number of nitrogens with zero attached hydrogens (tertiary/aromatic N) is 1. The molecular formula is C22H19Cl2IN2O6. The molecule has 1 saturated heterocycles. The number of carbonyl (C=O) groups is 3. The zero-order valence-electron chi connectivity index (χ0n) is 17.6. The summed E-state index contributed by atoms with van der Waals surface area (Å²) >= 11 is 14.3. The van der Waals surface area contributed by atoms with E-state index in [1.54, 1.807) is 30.3 Å². The van der Waals surface area contributed by atoms with Crippen LogP contribution in [-0.2, 0) is 20.9 Å². The first-order valence-corrected chi connectivity index (χ1v) is 11.5. The number of amides is 3. The summed E-state index contributed by atoms with van der Waals surface area (Å²) in [5, 5.41) is 3.49. The summed E-state index contributed by atoms with van der Waals surface area (Å²) in [5.41, 5.74) is 1.39. The number of ether oxygens (including phenoxy) is 3. The number of hydrogen-bond acceptors (Lipinski definition) is 6. The molecule has 174 valence electrons. The summed E-state index contributed by atoms with van der Waals surface area (Å²) < 4.78 is 17.0. The Morgan fingerprint density at radius 2 is 1.94 bits per heavy atom. The standard InChI is InChI=1S/C22H19Cl2IN2O6/c1-3-32-18-8-12(7-17-21(29)27(22(30)26-17)10-19(28)31-2)6-16(25)20(18)33-11-13-4-5-14(23)9-15(13)24/h4-9H,3,10-11H2,1-2H3,(H,26,30)/b17-7+. The molecule has 0 aliphatic carbocycles. The van der Waals surface area contributed by atoms with Gasteiger partial charge in [0.2, 0.25) is 0 Å². The second-order valence-corrected chi connectivity index (χ2v) is 8.75. The number of nitrogens with one attached hydrogen (secondary N) is 1. The van der Waals surface area contributed by atoms with E-state index in [1.165, 1.54) is 13.2 Å². The van der Waals surface area contributed by atoms with Gasteiger partial charge in [0, 0.05) is 15.6 Å². The quantitative estimate of drug-likeness (QED) is 0.204. The number of urea groups is 1. The first kappa shape index (κ1) is 25.1. The monoisotopic (exact) mass is 604 g/mol. The Bertz CT molecular complexity index is 1140. The summed E-state index contributed by atoms with van der Waals surface area (Å²) in [6.07, 6.45) is 1.50. The fourth-order valence-corrected chi connectivity index (χ4v) is 4.18. The molecule has 0 aromatic heterocycles. The molecule has 1 heterocycles. The zero-order valence-corrected chi connectivity index (χ0v) is 21.3. The minimum atomic E-state index is -0.699. The number of halogens is 3. The summed E-state index contributed by atoms with van der Waals surface area (Å²) in [6, 6.07) is 7.92. The van der Waals surface area contributed by atoms with Crippen molar-refractivity contribution in [1.29, 1.82) is 0 Å². The molecule has 0 unspecified atom stereocenters. The number of esters is 1. The molecule has 3 amide bonds. The Morgan fingerprint density at radius 1 is 1.18 bits per heavy atom. The van der Waals surface area contributed by atoms with Crippen LogP contribution in [0.25, 0.3) is 6.08 Å². The number of imide groups is 1. The van der Waals surface area contributed by atoms with Crippen LogP contribution in [0.1, 0.15) is 18.1 Å². The van der Waals surface area contributed by atoms with Crippen molar-refractivity contribution in [1.82, 2.24) is 10.2 Å². The molecule has 0 saturated carbocycles. The lowest BCUT2D eigenvalue weighted by molar-refractivity contribution is -0.143. The maximum Gasteiger partial charge on any atom is 0.329 e. The van der Waals surface area contributed by atoms with E-state index >= 15 is 0 Å². The second-order valence-electron chi connectivity index (χ2n) is 6.74. The number of carbonyl (C=O) groups excluding carboxylic acids is 3. The summed E-state index contributed by atoms with van der Waals surface area (Å²) in [5.74, 6) is -0.351. The maximum absolute atomic E-state index is 12.5. The van der Waals surface area contributed by atoms with Crippen molar-refractivity contribution in [2.45, 2.75) is 13.5 Å². The number of hydrogen-bond donors (Lipinski definition) is 1. The largest absolute Gasteiger partial charge is 0.490 e. The van der Waals surface area contributed by atoms with E-state index in [1.807, 2.05) is 6.92 Å². The molecule has 2 aromatic rings. The summed E-state index contributed by atoms with van der Waals surface area (Å²) in [7, 11) is 1.18. The van der Waals surface area contributed by atoms with Crippen LogP contribution < -0.4 is 14.8 Å². The van der Waals surface area contributed by atoms with Gasteiger partial charge in [0.05, 0.1) is 17.3 Å². The highest BCUT2D eigenvalue weighted by molar-refractivity contribution is 14.1. The average Bonchev–Trinajstić information content (AvgIpc) is 3.01. The Balaban J connectivity index is 1.85. The van der Waals surface area contributed by atoms with Crippen LogP contribution in [0.15, 0.2) is 36.0 Å². The summed E-state index contributed by atoms with van der Waals surface area (Å²) in [6.45, 7) is 1.95. The molecule has 33 heavy (non-hydrogen) atoms. The smallest absolute Gasteiger partial charge is 0.329 e. The van der Waals surface area contributed by atoms with Crippen LogP contribution in [0.3, 0.4) is 0 Å². The van der Waals surface area contributed by atoms with Gasteiger partial charge in [-0.2, -0.15) is 0 Å². The van der Waals surface area contributed by atoms with Gasteiger partial charge in [0.25, 0.3) is 5.91 Å². The molecule has 8 nitrogen and oxygen atoms in total.